The summed E-state index contributed by atoms with van der Waals surface area (Å²) in [5.74, 6) is 1.38. The van der Waals surface area contributed by atoms with Gasteiger partial charge in [-0.15, -0.1) is 0 Å². The smallest absolute Gasteiger partial charge is 0.173 e. The third kappa shape index (κ3) is 4.65. The molecule has 1 aromatic heterocycles. The van der Waals surface area contributed by atoms with Crippen molar-refractivity contribution in [2.45, 2.75) is 0 Å². The highest BCUT2D eigenvalue weighted by Crippen LogP contribution is 2.15. The summed E-state index contributed by atoms with van der Waals surface area (Å²) in [6, 6.07) is 29.4. The van der Waals surface area contributed by atoms with Crippen molar-refractivity contribution < 1.29 is 4.74 Å². The number of rotatable bonds is 5. The lowest BCUT2D eigenvalue weighted by Gasteiger charge is -2.07. The predicted octanol–water partition coefficient (Wildman–Crippen LogP) is 4.95. The fourth-order valence-corrected chi connectivity index (χ4v) is 2.83. The molecule has 142 valence electrons. The molecule has 0 spiro atoms. The summed E-state index contributed by atoms with van der Waals surface area (Å²) < 4.78 is 5.18. The van der Waals surface area contributed by atoms with Crippen LogP contribution in [0.1, 0.15) is 11.3 Å². The molecule has 0 atom stereocenters. The number of ether oxygens (including phenoxy) is 1. The minimum Gasteiger partial charge on any atom is -0.497 e. The molecule has 0 aliphatic rings. The van der Waals surface area contributed by atoms with Gasteiger partial charge in [0.15, 0.2) is 5.84 Å². The number of hydrogen-bond acceptors (Lipinski definition) is 4. The van der Waals surface area contributed by atoms with Gasteiger partial charge in [-0.3, -0.25) is 5.43 Å². The number of pyridine rings is 1. The van der Waals surface area contributed by atoms with E-state index in [2.05, 4.69) is 10.5 Å². The molecule has 29 heavy (non-hydrogen) atoms. The molecule has 0 unspecified atom stereocenters. The Hall–Kier alpha value is -3.99. The van der Waals surface area contributed by atoms with E-state index >= 15 is 0 Å². The molecule has 1 N–H and O–H groups in total. The molecular formula is C24H20N4O. The minimum atomic E-state index is 0.576. The lowest BCUT2D eigenvalue weighted by molar-refractivity contribution is 0.415. The third-order valence-corrected chi connectivity index (χ3v) is 4.34. The molecule has 0 radical (unpaired) electrons. The molecule has 0 aliphatic carbocycles. The minimum absolute atomic E-state index is 0.576. The van der Waals surface area contributed by atoms with E-state index in [0.29, 0.717) is 5.84 Å². The summed E-state index contributed by atoms with van der Waals surface area (Å²) in [4.78, 5) is 9.44. The monoisotopic (exact) mass is 380 g/mol. The van der Waals surface area contributed by atoms with Gasteiger partial charge < -0.3 is 4.74 Å². The first-order valence-electron chi connectivity index (χ1n) is 9.25. The normalized spacial score (nSPS) is 11.7. The van der Waals surface area contributed by atoms with Crippen LogP contribution in [-0.4, -0.2) is 24.1 Å². The van der Waals surface area contributed by atoms with Crippen molar-refractivity contribution in [3.63, 3.8) is 0 Å². The van der Waals surface area contributed by atoms with Crippen LogP contribution in [0.4, 0.5) is 5.69 Å². The number of methoxy groups -OCH3 is 1. The largest absolute Gasteiger partial charge is 0.497 e. The predicted molar refractivity (Wildman–Crippen MR) is 118 cm³/mol. The Labute approximate surface area is 169 Å². The lowest BCUT2D eigenvalue weighted by Crippen LogP contribution is -2.20. The van der Waals surface area contributed by atoms with E-state index in [-0.39, 0.29) is 0 Å². The number of nitrogens with one attached hydrogen (secondary N) is 1. The van der Waals surface area contributed by atoms with Crippen LogP contribution in [-0.2, 0) is 0 Å². The van der Waals surface area contributed by atoms with Gasteiger partial charge in [0.1, 0.15) is 11.4 Å². The zero-order valence-corrected chi connectivity index (χ0v) is 16.0. The number of aliphatic imine (C=N–C) groups is 1. The van der Waals surface area contributed by atoms with Crippen LogP contribution < -0.4 is 10.2 Å². The summed E-state index contributed by atoms with van der Waals surface area (Å²) in [7, 11) is 1.65. The van der Waals surface area contributed by atoms with Crippen LogP contribution in [0.2, 0.25) is 0 Å². The first kappa shape index (κ1) is 18.4. The maximum absolute atomic E-state index is 5.18. The van der Waals surface area contributed by atoms with E-state index < -0.39 is 0 Å². The van der Waals surface area contributed by atoms with Gasteiger partial charge in [0.05, 0.1) is 24.5 Å². The number of hydrazone groups is 1. The molecular weight excluding hydrogens is 360 g/mol. The number of amidine groups is 1. The number of aromatic nitrogens is 1. The van der Waals surface area contributed by atoms with Crippen LogP contribution in [0, 0.1) is 0 Å². The quantitative estimate of drug-likeness (QED) is 0.303. The third-order valence-electron chi connectivity index (χ3n) is 4.34. The zero-order valence-electron chi connectivity index (χ0n) is 16.0. The van der Waals surface area contributed by atoms with Gasteiger partial charge in [0, 0.05) is 5.39 Å². The van der Waals surface area contributed by atoms with E-state index in [0.717, 1.165) is 33.6 Å². The van der Waals surface area contributed by atoms with Gasteiger partial charge in [-0.05, 0) is 54.1 Å². The average Bonchev–Trinajstić information content (AvgIpc) is 2.79. The molecule has 5 heteroatoms. The second-order valence-corrected chi connectivity index (χ2v) is 6.33. The molecule has 1 heterocycles. The molecule has 0 bridgehead atoms. The Morgan fingerprint density at radius 1 is 0.862 bits per heavy atom. The van der Waals surface area contributed by atoms with Crippen LogP contribution in [0.25, 0.3) is 10.9 Å². The maximum atomic E-state index is 5.18. The summed E-state index contributed by atoms with van der Waals surface area (Å²) in [6.45, 7) is 0. The SMILES string of the molecule is COc1ccc(C=NNC(=Nc2ccccc2)c2ccc3ccccc3n2)cc1. The van der Waals surface area contributed by atoms with Crippen LogP contribution in [0.15, 0.2) is 101 Å². The lowest BCUT2D eigenvalue weighted by atomic mass is 10.2. The summed E-state index contributed by atoms with van der Waals surface area (Å²) in [6.07, 6.45) is 1.74. The van der Waals surface area contributed by atoms with Gasteiger partial charge in [-0.1, -0.05) is 42.5 Å². The Morgan fingerprint density at radius 2 is 1.62 bits per heavy atom. The number of benzene rings is 3. The van der Waals surface area contributed by atoms with Gasteiger partial charge in [-0.25, -0.2) is 9.98 Å². The van der Waals surface area contributed by atoms with Crippen LogP contribution >= 0.6 is 0 Å². The van der Waals surface area contributed by atoms with Gasteiger partial charge in [-0.2, -0.15) is 5.10 Å². The van der Waals surface area contributed by atoms with Crippen molar-refractivity contribution in [3.8, 4) is 5.75 Å². The number of nitrogens with zero attached hydrogens (tertiary/aromatic N) is 3. The number of hydrogen-bond donors (Lipinski definition) is 1. The first-order valence-corrected chi connectivity index (χ1v) is 9.25. The highest BCUT2D eigenvalue weighted by atomic mass is 16.5. The molecule has 0 saturated carbocycles. The second kappa shape index (κ2) is 8.80. The average molecular weight is 380 g/mol. The fraction of sp³-hybridized carbons (Fsp3) is 0.0417. The van der Waals surface area contributed by atoms with Crippen molar-refractivity contribution in [1.82, 2.24) is 10.4 Å². The Kier molecular flexibility index (Phi) is 5.58. The van der Waals surface area contributed by atoms with Crippen molar-refractivity contribution in [1.29, 1.82) is 0 Å². The molecule has 4 aromatic rings. The van der Waals surface area contributed by atoms with E-state index in [1.165, 1.54) is 0 Å². The van der Waals surface area contributed by atoms with Crippen LogP contribution in [0.5, 0.6) is 5.75 Å². The second-order valence-electron chi connectivity index (χ2n) is 6.33. The summed E-state index contributed by atoms with van der Waals surface area (Å²) >= 11 is 0. The van der Waals surface area contributed by atoms with Gasteiger partial charge in [0.25, 0.3) is 0 Å². The van der Waals surface area contributed by atoms with Crippen molar-refractivity contribution in [2.75, 3.05) is 7.11 Å². The van der Waals surface area contributed by atoms with Crippen LogP contribution in [0.3, 0.4) is 0 Å². The molecule has 0 saturated heterocycles. The molecule has 0 aliphatic heterocycles. The van der Waals surface area contributed by atoms with E-state index in [4.69, 9.17) is 14.7 Å². The number of fused-ring (bicyclic) bond motifs is 1. The van der Waals surface area contributed by atoms with E-state index in [1.807, 2.05) is 91.0 Å². The molecule has 5 nitrogen and oxygen atoms in total. The molecule has 0 fully saturated rings. The van der Waals surface area contributed by atoms with Gasteiger partial charge >= 0.3 is 0 Å². The van der Waals surface area contributed by atoms with Crippen molar-refractivity contribution >= 4 is 28.6 Å². The Morgan fingerprint density at radius 3 is 2.41 bits per heavy atom. The van der Waals surface area contributed by atoms with E-state index in [9.17, 15) is 0 Å². The molecule has 3 aromatic carbocycles. The molecule has 0 amide bonds. The fourth-order valence-electron chi connectivity index (χ4n) is 2.83. The number of para-hydroxylation sites is 2. The summed E-state index contributed by atoms with van der Waals surface area (Å²) in [5, 5.41) is 5.44. The Balaban J connectivity index is 1.64. The maximum Gasteiger partial charge on any atom is 0.173 e. The van der Waals surface area contributed by atoms with E-state index in [1.54, 1.807) is 13.3 Å². The highest BCUT2D eigenvalue weighted by molar-refractivity contribution is 6.00. The summed E-state index contributed by atoms with van der Waals surface area (Å²) in [5.41, 5.74) is 6.45. The first-order chi connectivity index (χ1) is 14.3. The van der Waals surface area contributed by atoms with Gasteiger partial charge in [0.2, 0.25) is 0 Å². The van der Waals surface area contributed by atoms with Crippen molar-refractivity contribution in [2.24, 2.45) is 10.1 Å². The zero-order chi connectivity index (χ0) is 19.9. The standard InChI is InChI=1S/C24H20N4O/c1-29-21-14-11-18(12-15-21)17-25-28-24(26-20-8-3-2-4-9-20)23-16-13-19-7-5-6-10-22(19)27-23/h2-17H,1H3,(H,26,28). The molecule has 4 rings (SSSR count). The topological polar surface area (TPSA) is 58.9 Å². The highest BCUT2D eigenvalue weighted by Gasteiger charge is 2.06. The Bertz CT molecular complexity index is 1150. The van der Waals surface area contributed by atoms with Crippen molar-refractivity contribution in [3.05, 3.63) is 102 Å².